The van der Waals surface area contributed by atoms with E-state index in [9.17, 15) is 14.7 Å². The van der Waals surface area contributed by atoms with E-state index in [0.29, 0.717) is 13.0 Å². The van der Waals surface area contributed by atoms with E-state index in [1.54, 1.807) is 0 Å². The van der Waals surface area contributed by atoms with Crippen LogP contribution in [0.4, 0.5) is 4.79 Å². The molecule has 1 aliphatic carbocycles. The lowest BCUT2D eigenvalue weighted by atomic mass is 9.98. The molecule has 1 amide bonds. The number of fused-ring (bicyclic) bond motifs is 3. The van der Waals surface area contributed by atoms with Crippen molar-refractivity contribution in [3.8, 4) is 11.1 Å². The molecule has 2 aromatic carbocycles. The molecule has 6 nitrogen and oxygen atoms in total. The van der Waals surface area contributed by atoms with Crippen molar-refractivity contribution in [3.05, 3.63) is 59.7 Å². The maximum absolute atomic E-state index is 12.7. The number of ether oxygens (including phenoxy) is 1. The standard InChI is InChI=1S/C22H24N2O4/c1-23(2)14-11-20(21(25)26)24(12-14)22(27)28-13-19-17-9-5-3-7-15(17)16-8-4-6-10-18(16)19/h3-10,14,19-20H,11-13H2,1-2H3,(H,25,26)/t14-,20?/m1/s1. The van der Waals surface area contributed by atoms with Gasteiger partial charge in [0.2, 0.25) is 0 Å². The van der Waals surface area contributed by atoms with Crippen LogP contribution < -0.4 is 0 Å². The van der Waals surface area contributed by atoms with Gasteiger partial charge in [0.25, 0.3) is 0 Å². The van der Waals surface area contributed by atoms with Crippen molar-refractivity contribution in [2.45, 2.75) is 24.4 Å². The summed E-state index contributed by atoms with van der Waals surface area (Å²) in [4.78, 5) is 27.6. The second-order valence-electron chi connectivity index (χ2n) is 7.66. The van der Waals surface area contributed by atoms with Crippen molar-refractivity contribution in [3.63, 3.8) is 0 Å². The topological polar surface area (TPSA) is 70.1 Å². The predicted molar refractivity (Wildman–Crippen MR) is 105 cm³/mol. The van der Waals surface area contributed by atoms with Crippen LogP contribution in [0.15, 0.2) is 48.5 Å². The number of benzene rings is 2. The lowest BCUT2D eigenvalue weighted by Crippen LogP contribution is -2.41. The first kappa shape index (κ1) is 18.5. The number of carboxylic acids is 1. The van der Waals surface area contributed by atoms with Gasteiger partial charge < -0.3 is 14.7 Å². The molecule has 1 unspecified atom stereocenters. The molecular formula is C22H24N2O4. The molecule has 0 aromatic heterocycles. The Hall–Kier alpha value is -2.86. The molecule has 1 fully saturated rings. The fourth-order valence-corrected chi connectivity index (χ4v) is 4.30. The zero-order chi connectivity index (χ0) is 19.8. The molecule has 2 aromatic rings. The summed E-state index contributed by atoms with van der Waals surface area (Å²) in [5, 5.41) is 9.50. The van der Waals surface area contributed by atoms with E-state index in [-0.39, 0.29) is 18.6 Å². The predicted octanol–water partition coefficient (Wildman–Crippen LogP) is 3.02. The molecular weight excluding hydrogens is 356 g/mol. The number of nitrogens with zero attached hydrogens (tertiary/aromatic N) is 2. The van der Waals surface area contributed by atoms with Gasteiger partial charge in [-0.05, 0) is 42.8 Å². The maximum Gasteiger partial charge on any atom is 0.410 e. The van der Waals surface area contributed by atoms with Crippen LogP contribution in [0.1, 0.15) is 23.5 Å². The SMILES string of the molecule is CN(C)[C@@H]1CC(C(=O)O)N(C(=O)OCC2c3ccccc3-c3ccccc32)C1. The number of aliphatic carboxylic acids is 1. The quantitative estimate of drug-likeness (QED) is 0.883. The monoisotopic (exact) mass is 380 g/mol. The number of carboxylic acid groups (broad SMARTS) is 1. The lowest BCUT2D eigenvalue weighted by Gasteiger charge is -2.23. The number of carbonyl (C=O) groups excluding carboxylic acids is 1. The summed E-state index contributed by atoms with van der Waals surface area (Å²) >= 11 is 0. The summed E-state index contributed by atoms with van der Waals surface area (Å²) < 4.78 is 5.64. The van der Waals surface area contributed by atoms with Crippen LogP contribution in [0.3, 0.4) is 0 Å². The molecule has 146 valence electrons. The molecule has 1 heterocycles. The Bertz CT molecular complexity index is 865. The molecule has 1 saturated heterocycles. The Morgan fingerprint density at radius 1 is 1.07 bits per heavy atom. The maximum atomic E-state index is 12.7. The third-order valence-corrected chi connectivity index (χ3v) is 5.86. The van der Waals surface area contributed by atoms with Gasteiger partial charge in [-0.25, -0.2) is 9.59 Å². The van der Waals surface area contributed by atoms with E-state index < -0.39 is 18.1 Å². The minimum atomic E-state index is -0.988. The molecule has 1 N–H and O–H groups in total. The Morgan fingerprint density at radius 3 is 2.18 bits per heavy atom. The number of rotatable bonds is 4. The number of carbonyl (C=O) groups is 2. The second kappa shape index (κ2) is 7.28. The van der Waals surface area contributed by atoms with Gasteiger partial charge in [0.15, 0.2) is 0 Å². The number of hydrogen-bond donors (Lipinski definition) is 1. The van der Waals surface area contributed by atoms with Gasteiger partial charge in [0.1, 0.15) is 12.6 Å². The molecule has 1 aliphatic heterocycles. The molecule has 2 aliphatic rings. The Labute approximate surface area is 164 Å². The average Bonchev–Trinajstić information content (AvgIpc) is 3.27. The van der Waals surface area contributed by atoms with Crippen molar-refractivity contribution in [2.75, 3.05) is 27.2 Å². The first-order valence-electron chi connectivity index (χ1n) is 9.48. The Kier molecular flexibility index (Phi) is 4.81. The van der Waals surface area contributed by atoms with E-state index in [1.807, 2.05) is 43.3 Å². The van der Waals surface area contributed by atoms with Crippen molar-refractivity contribution >= 4 is 12.1 Å². The number of hydrogen-bond acceptors (Lipinski definition) is 4. The van der Waals surface area contributed by atoms with Crippen LogP contribution >= 0.6 is 0 Å². The summed E-state index contributed by atoms with van der Waals surface area (Å²) in [5.74, 6) is -1.02. The van der Waals surface area contributed by atoms with Gasteiger partial charge in [-0.2, -0.15) is 0 Å². The van der Waals surface area contributed by atoms with Crippen LogP contribution in [0.2, 0.25) is 0 Å². The number of likely N-dealkylation sites (tertiary alicyclic amines) is 1. The molecule has 28 heavy (non-hydrogen) atoms. The summed E-state index contributed by atoms with van der Waals surface area (Å²) in [5.41, 5.74) is 4.60. The van der Waals surface area contributed by atoms with Crippen LogP contribution in [0, 0.1) is 0 Å². The summed E-state index contributed by atoms with van der Waals surface area (Å²) in [6.07, 6.45) is -0.148. The van der Waals surface area contributed by atoms with E-state index in [4.69, 9.17) is 4.74 Å². The molecule has 0 radical (unpaired) electrons. The highest BCUT2D eigenvalue weighted by molar-refractivity contribution is 5.81. The highest BCUT2D eigenvalue weighted by Gasteiger charge is 2.41. The highest BCUT2D eigenvalue weighted by atomic mass is 16.6. The molecule has 0 spiro atoms. The van der Waals surface area contributed by atoms with Crippen molar-refractivity contribution in [1.82, 2.24) is 9.80 Å². The second-order valence-corrected chi connectivity index (χ2v) is 7.66. The van der Waals surface area contributed by atoms with Gasteiger partial charge in [-0.15, -0.1) is 0 Å². The van der Waals surface area contributed by atoms with Gasteiger partial charge in [0.05, 0.1) is 0 Å². The van der Waals surface area contributed by atoms with E-state index >= 15 is 0 Å². The molecule has 2 atom stereocenters. The van der Waals surface area contributed by atoms with Crippen LogP contribution in [-0.4, -0.2) is 66.3 Å². The fourth-order valence-electron chi connectivity index (χ4n) is 4.30. The summed E-state index contributed by atoms with van der Waals surface area (Å²) in [6, 6.07) is 15.4. The van der Waals surface area contributed by atoms with Crippen molar-refractivity contribution in [2.24, 2.45) is 0 Å². The van der Waals surface area contributed by atoms with Crippen molar-refractivity contribution < 1.29 is 19.4 Å². The van der Waals surface area contributed by atoms with E-state index in [1.165, 1.54) is 4.90 Å². The highest BCUT2D eigenvalue weighted by Crippen LogP contribution is 2.44. The number of amides is 1. The largest absolute Gasteiger partial charge is 0.480 e. The smallest absolute Gasteiger partial charge is 0.410 e. The van der Waals surface area contributed by atoms with Crippen LogP contribution in [0.25, 0.3) is 11.1 Å². The zero-order valence-electron chi connectivity index (χ0n) is 16.0. The van der Waals surface area contributed by atoms with Gasteiger partial charge in [-0.3, -0.25) is 4.90 Å². The van der Waals surface area contributed by atoms with Crippen LogP contribution in [-0.2, 0) is 9.53 Å². The lowest BCUT2D eigenvalue weighted by molar-refractivity contribution is -0.141. The minimum Gasteiger partial charge on any atom is -0.480 e. The van der Waals surface area contributed by atoms with E-state index in [0.717, 1.165) is 22.3 Å². The molecule has 4 rings (SSSR count). The molecule has 6 heteroatoms. The molecule has 0 saturated carbocycles. The first-order chi connectivity index (χ1) is 13.5. The number of likely N-dealkylation sites (N-methyl/N-ethyl adjacent to an activating group) is 1. The van der Waals surface area contributed by atoms with Gasteiger partial charge in [-0.1, -0.05) is 48.5 Å². The van der Waals surface area contributed by atoms with Gasteiger partial charge in [0, 0.05) is 18.5 Å². The third-order valence-electron chi connectivity index (χ3n) is 5.86. The Morgan fingerprint density at radius 2 is 1.64 bits per heavy atom. The molecule has 0 bridgehead atoms. The zero-order valence-corrected chi connectivity index (χ0v) is 16.0. The first-order valence-corrected chi connectivity index (χ1v) is 9.48. The van der Waals surface area contributed by atoms with Crippen molar-refractivity contribution in [1.29, 1.82) is 0 Å². The van der Waals surface area contributed by atoms with Crippen LogP contribution in [0.5, 0.6) is 0 Å². The fraction of sp³-hybridized carbons (Fsp3) is 0.364. The summed E-state index contributed by atoms with van der Waals surface area (Å²) in [7, 11) is 3.79. The minimum absolute atomic E-state index is 0.0154. The summed E-state index contributed by atoms with van der Waals surface area (Å²) in [6.45, 7) is 0.559. The van der Waals surface area contributed by atoms with E-state index in [2.05, 4.69) is 24.3 Å². The normalized spacial score (nSPS) is 20.9. The average molecular weight is 380 g/mol. The Balaban J connectivity index is 1.51. The third kappa shape index (κ3) is 3.14. The van der Waals surface area contributed by atoms with Gasteiger partial charge >= 0.3 is 12.1 Å².